The van der Waals surface area contributed by atoms with E-state index in [1.54, 1.807) is 19.1 Å². The first-order valence-corrected chi connectivity index (χ1v) is 3.06. The zero-order chi connectivity index (χ0) is 7.33. The molecule has 2 N–H and O–H groups in total. The minimum atomic E-state index is -0.912. The molecule has 0 aliphatic carbocycles. The van der Waals surface area contributed by atoms with Gasteiger partial charge in [0.15, 0.2) is 6.54 Å². The third kappa shape index (κ3) is 6.04. The van der Waals surface area contributed by atoms with Gasteiger partial charge >= 0.3 is 0 Å². The van der Waals surface area contributed by atoms with Crippen LogP contribution in [0.15, 0.2) is 12.2 Å². The number of hydrogen-bond donors (Lipinski definition) is 2. The van der Waals surface area contributed by atoms with E-state index in [1.165, 1.54) is 0 Å². The highest BCUT2D eigenvalue weighted by Gasteiger charge is 2.15. The van der Waals surface area contributed by atoms with Crippen molar-refractivity contribution in [1.29, 1.82) is 0 Å². The van der Waals surface area contributed by atoms with Crippen LogP contribution >= 0.6 is 0 Å². The molecule has 62 valence electrons. The molecule has 4 heteroatoms. The Kier molecular flexibility index (Phi) is 7.14. The third-order valence-corrected chi connectivity index (χ3v) is 1.14. The zero-order valence-corrected chi connectivity index (χ0v) is 7.04. The Hall–Kier alpha value is -0.0900. The van der Waals surface area contributed by atoms with Crippen molar-refractivity contribution in [3.05, 3.63) is 12.2 Å². The average Bonchev–Trinajstić information content (AvgIpc) is 1.84. The van der Waals surface area contributed by atoms with Gasteiger partial charge in [0.25, 0.3) is 0 Å². The van der Waals surface area contributed by atoms with Crippen LogP contribution in [0.4, 0.5) is 0 Å². The summed E-state index contributed by atoms with van der Waals surface area (Å²) >= 11 is 0. The minimum absolute atomic E-state index is 0. The van der Waals surface area contributed by atoms with E-state index in [0.717, 1.165) is 0 Å². The molecule has 0 aromatic carbocycles. The van der Waals surface area contributed by atoms with Crippen LogP contribution in [-0.2, 0) is 0 Å². The summed E-state index contributed by atoms with van der Waals surface area (Å²) < 4.78 is 0. The van der Waals surface area contributed by atoms with Gasteiger partial charge in [-0.05, 0) is 24.7 Å². The minimum Gasteiger partial charge on any atom is -1.00 e. The Morgan fingerprint density at radius 3 is 2.20 bits per heavy atom. The molecule has 0 saturated carbocycles. The quantitative estimate of drug-likeness (QED) is 0.295. The van der Waals surface area contributed by atoms with E-state index >= 15 is 0 Å². The highest BCUT2D eigenvalue weighted by Crippen LogP contribution is 1.93. The molecule has 0 aliphatic heterocycles. The van der Waals surface area contributed by atoms with Gasteiger partial charge in [-0.1, -0.05) is 6.08 Å². The molecule has 0 saturated heterocycles. The number of allylic oxidation sites excluding steroid dienone is 1. The number of rotatable bonds is 3. The van der Waals surface area contributed by atoms with Crippen molar-refractivity contribution >= 4 is 0 Å². The van der Waals surface area contributed by atoms with Crippen LogP contribution in [-0.4, -0.2) is 28.3 Å². The number of halogens is 1. The van der Waals surface area contributed by atoms with Gasteiger partial charge in [0.1, 0.15) is 6.54 Å². The van der Waals surface area contributed by atoms with Gasteiger partial charge in [-0.25, -0.2) is 0 Å². The summed E-state index contributed by atoms with van der Waals surface area (Å²) in [6, 6.07) is 0. The van der Waals surface area contributed by atoms with E-state index in [2.05, 4.69) is 0 Å². The van der Waals surface area contributed by atoms with Crippen molar-refractivity contribution in [2.24, 2.45) is 0 Å². The summed E-state index contributed by atoms with van der Waals surface area (Å²) in [4.78, 5) is -0.912. The van der Waals surface area contributed by atoms with Gasteiger partial charge in [-0.3, -0.25) is 0 Å². The van der Waals surface area contributed by atoms with Crippen molar-refractivity contribution in [2.45, 2.75) is 13.8 Å². The Bertz CT molecular complexity index is 104. The van der Waals surface area contributed by atoms with Crippen LogP contribution in [0.3, 0.4) is 0 Å². The van der Waals surface area contributed by atoms with Crippen LogP contribution in [0.1, 0.15) is 13.8 Å². The molecule has 0 atom stereocenters. The topological polar surface area (TPSA) is 40.5 Å². The molecule has 0 amide bonds. The van der Waals surface area contributed by atoms with Crippen molar-refractivity contribution in [3.63, 3.8) is 0 Å². The molecular formula is C6H14ClNO2. The molecule has 0 rings (SSSR count). The smallest absolute Gasteiger partial charge is 0.160 e. The summed E-state index contributed by atoms with van der Waals surface area (Å²) in [6.07, 6.45) is 3.50. The average molecular weight is 168 g/mol. The first-order chi connectivity index (χ1) is 4.12. The Balaban J connectivity index is 0. The monoisotopic (exact) mass is 167 g/mol. The molecule has 0 heterocycles. The maximum atomic E-state index is 8.90. The molecule has 3 nitrogen and oxygen atoms in total. The lowest BCUT2D eigenvalue weighted by Gasteiger charge is -2.16. The molecule has 0 aromatic heterocycles. The molecule has 0 aromatic rings. The summed E-state index contributed by atoms with van der Waals surface area (Å²) in [7, 11) is 0. The summed E-state index contributed by atoms with van der Waals surface area (Å²) in [6.45, 7) is 4.12. The van der Waals surface area contributed by atoms with Crippen LogP contribution in [0, 0.1) is 0 Å². The van der Waals surface area contributed by atoms with Gasteiger partial charge in [0.05, 0.1) is 0 Å². The lowest BCUT2D eigenvalue weighted by Crippen LogP contribution is -3.00. The molecule has 0 unspecified atom stereocenters. The maximum absolute atomic E-state index is 8.90. The second-order valence-corrected chi connectivity index (χ2v) is 1.95. The summed E-state index contributed by atoms with van der Waals surface area (Å²) in [5.41, 5.74) is 0. The maximum Gasteiger partial charge on any atom is 0.160 e. The number of quaternary nitrogens is 1. The number of nitrogens with zero attached hydrogens (tertiary/aromatic N) is 1. The Labute approximate surface area is 67.5 Å². The number of hydroxylamine groups is 4. The van der Waals surface area contributed by atoms with Crippen LogP contribution in [0.5, 0.6) is 0 Å². The second kappa shape index (κ2) is 5.68. The lowest BCUT2D eigenvalue weighted by atomic mass is 10.5. The van der Waals surface area contributed by atoms with E-state index in [4.69, 9.17) is 10.4 Å². The molecular weight excluding hydrogens is 154 g/mol. The fraction of sp³-hybridized carbons (Fsp3) is 0.667. The summed E-state index contributed by atoms with van der Waals surface area (Å²) in [5.74, 6) is 0. The lowest BCUT2D eigenvalue weighted by molar-refractivity contribution is -1.24. The predicted molar refractivity (Wildman–Crippen MR) is 34.1 cm³/mol. The predicted octanol–water partition coefficient (Wildman–Crippen LogP) is -1.82. The van der Waals surface area contributed by atoms with Gasteiger partial charge in [-0.15, -0.1) is 0 Å². The molecule has 0 fully saturated rings. The zero-order valence-electron chi connectivity index (χ0n) is 6.29. The van der Waals surface area contributed by atoms with Gasteiger partial charge in [-0.2, -0.15) is 10.4 Å². The van der Waals surface area contributed by atoms with Crippen LogP contribution < -0.4 is 12.4 Å². The fourth-order valence-corrected chi connectivity index (χ4v) is 0.403. The van der Waals surface area contributed by atoms with Crippen molar-refractivity contribution in [1.82, 2.24) is 0 Å². The second-order valence-electron chi connectivity index (χ2n) is 1.95. The van der Waals surface area contributed by atoms with E-state index in [-0.39, 0.29) is 19.0 Å². The van der Waals surface area contributed by atoms with E-state index in [0.29, 0.717) is 6.54 Å². The van der Waals surface area contributed by atoms with Gasteiger partial charge < -0.3 is 12.4 Å². The standard InChI is InChI=1S/C6H14NO2.ClH/c1-3-5-6-7(8,9)4-2;/h3,5,8-9H,4,6H2,1-2H3;1H/q+1;/p-1. The SMILES string of the molecule is CC=CC[N+](O)(O)CC.[Cl-]. The molecule has 0 bridgehead atoms. The van der Waals surface area contributed by atoms with Crippen LogP contribution in [0.2, 0.25) is 0 Å². The molecule has 0 radical (unpaired) electrons. The largest absolute Gasteiger partial charge is 1.00 e. The Morgan fingerprint density at radius 2 is 1.90 bits per heavy atom. The third-order valence-electron chi connectivity index (χ3n) is 1.14. The van der Waals surface area contributed by atoms with Crippen molar-refractivity contribution in [2.75, 3.05) is 13.1 Å². The van der Waals surface area contributed by atoms with E-state index < -0.39 is 4.81 Å². The first-order valence-electron chi connectivity index (χ1n) is 3.06. The Morgan fingerprint density at radius 1 is 1.40 bits per heavy atom. The van der Waals surface area contributed by atoms with Crippen LogP contribution in [0.25, 0.3) is 0 Å². The van der Waals surface area contributed by atoms with E-state index in [9.17, 15) is 0 Å². The first kappa shape index (κ1) is 12.6. The summed E-state index contributed by atoms with van der Waals surface area (Å²) in [5, 5.41) is 17.8. The van der Waals surface area contributed by atoms with Crippen molar-refractivity contribution in [3.8, 4) is 0 Å². The molecule has 0 aliphatic rings. The fourth-order valence-electron chi connectivity index (χ4n) is 0.403. The normalized spacial score (nSPS) is 11.6. The van der Waals surface area contributed by atoms with Gasteiger partial charge in [0.2, 0.25) is 0 Å². The molecule has 0 spiro atoms. The highest BCUT2D eigenvalue weighted by atomic mass is 35.5. The van der Waals surface area contributed by atoms with E-state index in [1.807, 2.05) is 6.92 Å². The highest BCUT2D eigenvalue weighted by molar-refractivity contribution is 4.75. The van der Waals surface area contributed by atoms with Crippen molar-refractivity contribution < 1.29 is 27.6 Å². The molecule has 10 heavy (non-hydrogen) atoms. The van der Waals surface area contributed by atoms with Gasteiger partial charge in [0, 0.05) is 0 Å². The number of likely N-dealkylation sites (N-methyl/N-ethyl adjacent to an activating group) is 1. The number of hydrogen-bond acceptors (Lipinski definition) is 2.